The molecule has 2 heterocycles. The van der Waals surface area contributed by atoms with Crippen LogP contribution >= 0.6 is 0 Å². The fourth-order valence-corrected chi connectivity index (χ4v) is 1.96. The third-order valence-electron chi connectivity index (χ3n) is 3.24. The Morgan fingerprint density at radius 3 is 2.76 bits per heavy atom. The lowest BCUT2D eigenvalue weighted by molar-refractivity contribution is -0.126. The maximum Gasteiger partial charge on any atom is 0.274 e. The summed E-state index contributed by atoms with van der Waals surface area (Å²) in [7, 11) is 0. The smallest absolute Gasteiger partial charge is 0.274 e. The van der Waals surface area contributed by atoms with Gasteiger partial charge in [-0.3, -0.25) is 14.7 Å². The van der Waals surface area contributed by atoms with Crippen LogP contribution in [-0.4, -0.2) is 40.0 Å². The fraction of sp³-hybridized carbons (Fsp3) is 0.500. The molecule has 5 N–H and O–H groups in total. The van der Waals surface area contributed by atoms with Crippen molar-refractivity contribution >= 4 is 17.5 Å². The number of H-pyrrole nitrogens is 1. The SMILES string of the molecule is CC1(C(N)=O)CCN(C(=O)c2[nH]ncc2N)C1. The van der Waals surface area contributed by atoms with Crippen LogP contribution in [0.15, 0.2) is 6.20 Å². The number of nitrogens with one attached hydrogen (secondary N) is 1. The van der Waals surface area contributed by atoms with Crippen LogP contribution in [0.1, 0.15) is 23.8 Å². The first-order chi connectivity index (χ1) is 7.94. The molecular formula is C10H15N5O2. The van der Waals surface area contributed by atoms with E-state index in [0.29, 0.717) is 25.2 Å². The summed E-state index contributed by atoms with van der Waals surface area (Å²) < 4.78 is 0. The van der Waals surface area contributed by atoms with Crippen LogP contribution in [0.4, 0.5) is 5.69 Å². The maximum atomic E-state index is 12.1. The maximum absolute atomic E-state index is 12.1. The highest BCUT2D eigenvalue weighted by atomic mass is 16.2. The number of rotatable bonds is 2. The van der Waals surface area contributed by atoms with Gasteiger partial charge in [-0.05, 0) is 13.3 Å². The number of carbonyl (C=O) groups excluding carboxylic acids is 2. The van der Waals surface area contributed by atoms with E-state index in [1.165, 1.54) is 6.20 Å². The van der Waals surface area contributed by atoms with Crippen molar-refractivity contribution in [3.05, 3.63) is 11.9 Å². The highest BCUT2D eigenvalue weighted by molar-refractivity contribution is 5.97. The van der Waals surface area contributed by atoms with Crippen LogP contribution in [-0.2, 0) is 4.79 Å². The number of nitrogen functional groups attached to an aromatic ring is 1. The molecule has 2 rings (SSSR count). The van der Waals surface area contributed by atoms with Crippen LogP contribution in [0, 0.1) is 5.41 Å². The van der Waals surface area contributed by atoms with Gasteiger partial charge in [-0.2, -0.15) is 5.10 Å². The number of hydrogen-bond acceptors (Lipinski definition) is 4. The van der Waals surface area contributed by atoms with Gasteiger partial charge >= 0.3 is 0 Å². The molecule has 17 heavy (non-hydrogen) atoms. The number of primary amides is 1. The third-order valence-corrected chi connectivity index (χ3v) is 3.24. The molecular weight excluding hydrogens is 222 g/mol. The summed E-state index contributed by atoms with van der Waals surface area (Å²) in [5.41, 5.74) is 10.8. The number of anilines is 1. The topological polar surface area (TPSA) is 118 Å². The normalized spacial score (nSPS) is 23.9. The fourth-order valence-electron chi connectivity index (χ4n) is 1.96. The van der Waals surface area contributed by atoms with Gasteiger partial charge < -0.3 is 16.4 Å². The molecule has 1 unspecified atom stereocenters. The number of amides is 2. The molecule has 1 fully saturated rings. The highest BCUT2D eigenvalue weighted by Crippen LogP contribution is 2.30. The molecule has 1 aromatic heterocycles. The summed E-state index contributed by atoms with van der Waals surface area (Å²) in [4.78, 5) is 24.9. The minimum atomic E-state index is -0.648. The lowest BCUT2D eigenvalue weighted by Crippen LogP contribution is -2.38. The van der Waals surface area contributed by atoms with Crippen molar-refractivity contribution in [1.29, 1.82) is 0 Å². The lowest BCUT2D eigenvalue weighted by atomic mass is 9.89. The van der Waals surface area contributed by atoms with Crippen LogP contribution in [0.3, 0.4) is 0 Å². The molecule has 0 saturated carbocycles. The molecule has 2 amide bonds. The molecule has 1 aromatic rings. The van der Waals surface area contributed by atoms with E-state index >= 15 is 0 Å². The summed E-state index contributed by atoms with van der Waals surface area (Å²) in [6, 6.07) is 0. The zero-order chi connectivity index (χ0) is 12.6. The van der Waals surface area contributed by atoms with Crippen molar-refractivity contribution in [2.24, 2.45) is 11.1 Å². The molecule has 1 atom stereocenters. The van der Waals surface area contributed by atoms with Gasteiger partial charge in [0.15, 0.2) is 0 Å². The average molecular weight is 237 g/mol. The van der Waals surface area contributed by atoms with Crippen LogP contribution in [0.2, 0.25) is 0 Å². The second-order valence-corrected chi connectivity index (χ2v) is 4.60. The lowest BCUT2D eigenvalue weighted by Gasteiger charge is -2.20. The summed E-state index contributed by atoms with van der Waals surface area (Å²) in [5, 5.41) is 6.25. The molecule has 0 bridgehead atoms. The Kier molecular flexibility index (Phi) is 2.53. The minimum Gasteiger partial charge on any atom is -0.396 e. The zero-order valence-electron chi connectivity index (χ0n) is 9.56. The summed E-state index contributed by atoms with van der Waals surface area (Å²) >= 11 is 0. The number of nitrogens with two attached hydrogens (primary N) is 2. The first kappa shape index (κ1) is 11.4. The second kappa shape index (κ2) is 3.76. The predicted octanol–water partition coefficient (Wildman–Crippen LogP) is -0.671. The van der Waals surface area contributed by atoms with Crippen molar-refractivity contribution in [2.75, 3.05) is 18.8 Å². The van der Waals surface area contributed by atoms with E-state index in [-0.39, 0.29) is 17.5 Å². The van der Waals surface area contributed by atoms with Gasteiger partial charge in [-0.25, -0.2) is 0 Å². The first-order valence-corrected chi connectivity index (χ1v) is 5.32. The van der Waals surface area contributed by atoms with Gasteiger partial charge in [-0.15, -0.1) is 0 Å². The number of aromatic nitrogens is 2. The Balaban J connectivity index is 2.15. The van der Waals surface area contributed by atoms with Gasteiger partial charge in [-0.1, -0.05) is 0 Å². The number of nitrogens with zero attached hydrogens (tertiary/aromatic N) is 2. The van der Waals surface area contributed by atoms with E-state index < -0.39 is 5.41 Å². The van der Waals surface area contributed by atoms with Gasteiger partial charge in [0.05, 0.1) is 17.3 Å². The Morgan fingerprint density at radius 2 is 2.29 bits per heavy atom. The minimum absolute atomic E-state index is 0.245. The van der Waals surface area contributed by atoms with E-state index in [2.05, 4.69) is 10.2 Å². The quantitative estimate of drug-likeness (QED) is 0.632. The molecule has 0 aromatic carbocycles. The predicted molar refractivity (Wildman–Crippen MR) is 60.8 cm³/mol. The molecule has 0 spiro atoms. The monoisotopic (exact) mass is 237 g/mol. The Labute approximate surface area is 98.1 Å². The van der Waals surface area contributed by atoms with E-state index in [4.69, 9.17) is 11.5 Å². The molecule has 7 heteroatoms. The van der Waals surface area contributed by atoms with Crippen molar-refractivity contribution < 1.29 is 9.59 Å². The van der Waals surface area contributed by atoms with Gasteiger partial charge in [0.1, 0.15) is 5.69 Å². The van der Waals surface area contributed by atoms with Gasteiger partial charge in [0, 0.05) is 13.1 Å². The molecule has 1 aliphatic heterocycles. The third kappa shape index (κ3) is 1.83. The molecule has 1 aliphatic rings. The van der Waals surface area contributed by atoms with Crippen molar-refractivity contribution in [3.8, 4) is 0 Å². The highest BCUT2D eigenvalue weighted by Gasteiger charge is 2.41. The molecule has 92 valence electrons. The molecule has 1 saturated heterocycles. The Bertz CT molecular complexity index is 469. The number of likely N-dealkylation sites (tertiary alicyclic amines) is 1. The van der Waals surface area contributed by atoms with E-state index in [1.807, 2.05) is 0 Å². The average Bonchev–Trinajstić information content (AvgIpc) is 2.85. The summed E-state index contributed by atoms with van der Waals surface area (Å²) in [5.74, 6) is -0.629. The summed E-state index contributed by atoms with van der Waals surface area (Å²) in [6.45, 7) is 2.58. The van der Waals surface area contributed by atoms with Crippen LogP contribution in [0.5, 0.6) is 0 Å². The standard InChI is InChI=1S/C10H15N5O2/c1-10(9(12)17)2-3-15(5-10)8(16)7-6(11)4-13-14-7/h4H,2-3,5,11H2,1H3,(H2,12,17)(H,13,14). The Morgan fingerprint density at radius 1 is 1.59 bits per heavy atom. The zero-order valence-corrected chi connectivity index (χ0v) is 9.56. The second-order valence-electron chi connectivity index (χ2n) is 4.60. The van der Waals surface area contributed by atoms with E-state index in [0.717, 1.165) is 0 Å². The number of aromatic amines is 1. The van der Waals surface area contributed by atoms with Crippen molar-refractivity contribution in [3.63, 3.8) is 0 Å². The molecule has 0 radical (unpaired) electrons. The van der Waals surface area contributed by atoms with Crippen LogP contribution in [0.25, 0.3) is 0 Å². The molecule has 7 nitrogen and oxygen atoms in total. The van der Waals surface area contributed by atoms with Gasteiger partial charge in [0.2, 0.25) is 5.91 Å². The van der Waals surface area contributed by atoms with Crippen molar-refractivity contribution in [2.45, 2.75) is 13.3 Å². The van der Waals surface area contributed by atoms with Gasteiger partial charge in [0.25, 0.3) is 5.91 Å². The Hall–Kier alpha value is -2.05. The van der Waals surface area contributed by atoms with E-state index in [9.17, 15) is 9.59 Å². The number of carbonyl (C=O) groups is 2. The van der Waals surface area contributed by atoms with E-state index in [1.54, 1.807) is 11.8 Å². The number of hydrogen-bond donors (Lipinski definition) is 3. The van der Waals surface area contributed by atoms with Crippen LogP contribution < -0.4 is 11.5 Å². The molecule has 0 aliphatic carbocycles. The largest absolute Gasteiger partial charge is 0.396 e. The summed E-state index contributed by atoms with van der Waals surface area (Å²) in [6.07, 6.45) is 1.96. The van der Waals surface area contributed by atoms with Crippen molar-refractivity contribution in [1.82, 2.24) is 15.1 Å². The first-order valence-electron chi connectivity index (χ1n) is 5.32.